The van der Waals surface area contributed by atoms with E-state index < -0.39 is 10.0 Å². The number of benzene rings is 1. The summed E-state index contributed by atoms with van der Waals surface area (Å²) in [6.45, 7) is 4.48. The summed E-state index contributed by atoms with van der Waals surface area (Å²) in [7, 11) is -3.32. The summed E-state index contributed by atoms with van der Waals surface area (Å²) in [5, 5.41) is 4.19. The molecule has 0 unspecified atom stereocenters. The topological polar surface area (TPSA) is 93.5 Å². The zero-order valence-corrected chi connectivity index (χ0v) is 16.9. The summed E-state index contributed by atoms with van der Waals surface area (Å²) >= 11 is 0. The van der Waals surface area contributed by atoms with Gasteiger partial charge < -0.3 is 9.64 Å². The predicted molar refractivity (Wildman–Crippen MR) is 106 cm³/mol. The minimum absolute atomic E-state index is 0.00891. The van der Waals surface area contributed by atoms with E-state index in [4.69, 9.17) is 4.74 Å². The van der Waals surface area contributed by atoms with E-state index in [1.807, 2.05) is 36.5 Å². The Morgan fingerprint density at radius 1 is 1.32 bits per heavy atom. The number of likely N-dealkylation sites (tertiary alicyclic amines) is 1. The highest BCUT2D eigenvalue weighted by Crippen LogP contribution is 2.21. The Balaban J connectivity index is 1.66. The van der Waals surface area contributed by atoms with E-state index in [1.165, 1.54) is 6.92 Å². The smallest absolute Gasteiger partial charge is 0.219 e. The molecule has 1 aliphatic heterocycles. The van der Waals surface area contributed by atoms with Crippen LogP contribution in [0.4, 0.5) is 0 Å². The molecule has 9 heteroatoms. The van der Waals surface area contributed by atoms with Gasteiger partial charge in [-0.3, -0.25) is 4.79 Å². The normalized spacial score (nSPS) is 20.1. The molecule has 152 valence electrons. The Bertz CT molecular complexity index is 881. The highest BCUT2D eigenvalue weighted by Gasteiger charge is 2.33. The van der Waals surface area contributed by atoms with Gasteiger partial charge in [0.2, 0.25) is 15.9 Å². The average Bonchev–Trinajstić information content (AvgIpc) is 3.22. The number of carbonyl (C=O) groups excluding carboxylic acids is 1. The third kappa shape index (κ3) is 5.11. The van der Waals surface area contributed by atoms with Gasteiger partial charge in [0.25, 0.3) is 0 Å². The molecule has 28 heavy (non-hydrogen) atoms. The van der Waals surface area contributed by atoms with Crippen molar-refractivity contribution in [1.82, 2.24) is 19.4 Å². The number of aromatic nitrogens is 2. The van der Waals surface area contributed by atoms with Crippen molar-refractivity contribution in [3.05, 3.63) is 42.7 Å². The van der Waals surface area contributed by atoms with Crippen molar-refractivity contribution >= 4 is 15.9 Å². The Morgan fingerprint density at radius 2 is 2.07 bits per heavy atom. The first-order chi connectivity index (χ1) is 13.4. The lowest BCUT2D eigenvalue weighted by Crippen LogP contribution is -2.53. The van der Waals surface area contributed by atoms with Gasteiger partial charge in [-0.15, -0.1) is 0 Å². The van der Waals surface area contributed by atoms with Crippen molar-refractivity contribution in [1.29, 1.82) is 0 Å². The second kappa shape index (κ2) is 8.74. The van der Waals surface area contributed by atoms with Crippen LogP contribution in [0.25, 0.3) is 5.69 Å². The van der Waals surface area contributed by atoms with Crippen LogP contribution in [0.15, 0.2) is 42.7 Å². The fourth-order valence-electron chi connectivity index (χ4n) is 3.28. The largest absolute Gasteiger partial charge is 0.493 e. The van der Waals surface area contributed by atoms with E-state index in [2.05, 4.69) is 9.82 Å². The van der Waals surface area contributed by atoms with Gasteiger partial charge in [-0.2, -0.15) is 5.10 Å². The number of ether oxygens (including phenoxy) is 1. The molecular formula is C19H26N4O4S. The number of carbonyl (C=O) groups is 1. The van der Waals surface area contributed by atoms with Crippen molar-refractivity contribution < 1.29 is 17.9 Å². The minimum Gasteiger partial charge on any atom is -0.493 e. The summed E-state index contributed by atoms with van der Waals surface area (Å²) in [5.41, 5.74) is 0.923. The minimum atomic E-state index is -3.32. The predicted octanol–water partition coefficient (Wildman–Crippen LogP) is 1.43. The van der Waals surface area contributed by atoms with Crippen molar-refractivity contribution in [3.8, 4) is 11.4 Å². The zero-order chi connectivity index (χ0) is 20.1. The van der Waals surface area contributed by atoms with Crippen LogP contribution in [0.5, 0.6) is 5.75 Å². The Morgan fingerprint density at radius 3 is 2.68 bits per heavy atom. The van der Waals surface area contributed by atoms with Crippen LogP contribution in [0, 0.1) is 5.92 Å². The number of hydrogen-bond donors (Lipinski definition) is 1. The van der Waals surface area contributed by atoms with Crippen molar-refractivity contribution in [2.24, 2.45) is 5.92 Å². The molecule has 0 saturated carbocycles. The monoisotopic (exact) mass is 406 g/mol. The maximum absolute atomic E-state index is 12.0. The molecule has 0 aliphatic carbocycles. The van der Waals surface area contributed by atoms with Crippen molar-refractivity contribution in [2.75, 3.05) is 25.4 Å². The number of amides is 1. The molecular weight excluding hydrogens is 380 g/mol. The molecule has 0 spiro atoms. The van der Waals surface area contributed by atoms with Gasteiger partial charge >= 0.3 is 0 Å². The van der Waals surface area contributed by atoms with Gasteiger partial charge in [-0.05, 0) is 43.7 Å². The molecule has 1 N–H and O–H groups in total. The SMILES string of the molecule is CCS(=O)(=O)N[C@H]1CCN(C(C)=O)C[C@@H]1COc1ccc(-n2cccn2)cc1. The summed E-state index contributed by atoms with van der Waals surface area (Å²) in [4.78, 5) is 13.5. The summed E-state index contributed by atoms with van der Waals surface area (Å²) < 4.78 is 34.5. The highest BCUT2D eigenvalue weighted by atomic mass is 32.2. The molecule has 1 aliphatic rings. The molecule has 1 amide bonds. The number of sulfonamides is 1. The molecule has 0 radical (unpaired) electrons. The Labute approximate surface area is 165 Å². The van der Waals surface area contributed by atoms with E-state index in [9.17, 15) is 13.2 Å². The third-order valence-electron chi connectivity index (χ3n) is 4.96. The number of hydrogen-bond acceptors (Lipinski definition) is 5. The van der Waals surface area contributed by atoms with Crippen LogP contribution in [0.1, 0.15) is 20.3 Å². The summed E-state index contributed by atoms with van der Waals surface area (Å²) in [6.07, 6.45) is 4.15. The third-order valence-corrected chi connectivity index (χ3v) is 6.38. The van der Waals surface area contributed by atoms with Crippen molar-refractivity contribution in [3.63, 3.8) is 0 Å². The molecule has 1 aromatic heterocycles. The lowest BCUT2D eigenvalue weighted by atomic mass is 9.93. The van der Waals surface area contributed by atoms with E-state index in [-0.39, 0.29) is 23.6 Å². The van der Waals surface area contributed by atoms with Crippen LogP contribution in [0.3, 0.4) is 0 Å². The maximum Gasteiger partial charge on any atom is 0.219 e. The molecule has 2 aromatic rings. The van der Waals surface area contributed by atoms with Crippen LogP contribution in [-0.4, -0.2) is 60.5 Å². The molecule has 2 heterocycles. The Hall–Kier alpha value is -2.39. The van der Waals surface area contributed by atoms with E-state index in [0.717, 1.165) is 5.69 Å². The van der Waals surface area contributed by atoms with Crippen LogP contribution < -0.4 is 9.46 Å². The first kappa shape index (κ1) is 20.3. The molecule has 2 atom stereocenters. The van der Waals surface area contributed by atoms with Crippen LogP contribution in [-0.2, 0) is 14.8 Å². The van der Waals surface area contributed by atoms with Gasteiger partial charge in [-0.25, -0.2) is 17.8 Å². The van der Waals surface area contributed by atoms with Gasteiger partial charge in [0.05, 0.1) is 18.0 Å². The fourth-order valence-corrected chi connectivity index (χ4v) is 4.21. The number of rotatable bonds is 7. The zero-order valence-electron chi connectivity index (χ0n) is 16.1. The molecule has 1 fully saturated rings. The van der Waals surface area contributed by atoms with E-state index >= 15 is 0 Å². The second-order valence-electron chi connectivity index (χ2n) is 6.90. The highest BCUT2D eigenvalue weighted by molar-refractivity contribution is 7.89. The fraction of sp³-hybridized carbons (Fsp3) is 0.474. The van der Waals surface area contributed by atoms with Crippen LogP contribution >= 0.6 is 0 Å². The molecule has 1 saturated heterocycles. The lowest BCUT2D eigenvalue weighted by molar-refractivity contribution is -0.131. The van der Waals surface area contributed by atoms with Gasteiger partial charge in [0.1, 0.15) is 5.75 Å². The van der Waals surface area contributed by atoms with Gasteiger partial charge in [0.15, 0.2) is 0 Å². The second-order valence-corrected chi connectivity index (χ2v) is 8.94. The van der Waals surface area contributed by atoms with Crippen LogP contribution in [0.2, 0.25) is 0 Å². The maximum atomic E-state index is 12.0. The summed E-state index contributed by atoms with van der Waals surface area (Å²) in [5.74, 6) is 0.589. The lowest BCUT2D eigenvalue weighted by Gasteiger charge is -2.38. The first-order valence-electron chi connectivity index (χ1n) is 9.36. The molecule has 8 nitrogen and oxygen atoms in total. The Kier molecular flexibility index (Phi) is 6.35. The van der Waals surface area contributed by atoms with Gasteiger partial charge in [-0.1, -0.05) is 0 Å². The number of piperidine rings is 1. The molecule has 0 bridgehead atoms. The summed E-state index contributed by atoms with van der Waals surface area (Å²) in [6, 6.07) is 9.13. The molecule has 3 rings (SSSR count). The number of nitrogens with one attached hydrogen (secondary N) is 1. The quantitative estimate of drug-likeness (QED) is 0.751. The number of nitrogens with zero attached hydrogens (tertiary/aromatic N) is 3. The van der Waals surface area contributed by atoms with E-state index in [1.54, 1.807) is 22.7 Å². The first-order valence-corrected chi connectivity index (χ1v) is 11.0. The van der Waals surface area contributed by atoms with E-state index in [0.29, 0.717) is 31.9 Å². The molecule has 1 aromatic carbocycles. The van der Waals surface area contributed by atoms with Gasteiger partial charge in [0, 0.05) is 44.4 Å². The standard InChI is InChI=1S/C19H26N4O4S/c1-3-28(25,26)21-19-9-12-22(15(2)24)13-16(19)14-27-18-7-5-17(6-8-18)23-11-4-10-20-23/h4-8,10-11,16,19,21H,3,9,12-14H2,1-2H3/t16-,19+/m1/s1. The van der Waals surface area contributed by atoms with Crippen molar-refractivity contribution in [2.45, 2.75) is 26.3 Å². The average molecular weight is 407 g/mol.